The lowest BCUT2D eigenvalue weighted by atomic mass is 10.2. The second kappa shape index (κ2) is 6.60. The lowest BCUT2D eigenvalue weighted by molar-refractivity contribution is -0.118. The first-order valence-corrected chi connectivity index (χ1v) is 6.25. The molecule has 100 valence electrons. The van der Waals surface area contributed by atoms with Gasteiger partial charge in [0.05, 0.1) is 16.3 Å². The summed E-state index contributed by atoms with van der Waals surface area (Å²) in [7, 11) is 0. The Bertz CT molecular complexity index is 665. The summed E-state index contributed by atoms with van der Waals surface area (Å²) < 4.78 is 5.32. The molecule has 1 N–H and O–H groups in total. The van der Waals surface area contributed by atoms with E-state index in [0.29, 0.717) is 22.0 Å². The molecular formula is C15H11ClN2O2. The van der Waals surface area contributed by atoms with E-state index in [2.05, 4.69) is 5.32 Å². The summed E-state index contributed by atoms with van der Waals surface area (Å²) >= 11 is 5.92. The van der Waals surface area contributed by atoms with E-state index >= 15 is 0 Å². The van der Waals surface area contributed by atoms with Gasteiger partial charge in [0.25, 0.3) is 5.91 Å². The van der Waals surface area contributed by atoms with Crippen LogP contribution < -0.4 is 10.1 Å². The molecule has 0 radical (unpaired) electrons. The number of nitrogens with one attached hydrogen (secondary N) is 1. The fraction of sp³-hybridized carbons (Fsp3) is 0.0667. The Hall–Kier alpha value is -2.51. The molecule has 0 aliphatic heterocycles. The first kappa shape index (κ1) is 13.9. The summed E-state index contributed by atoms with van der Waals surface area (Å²) in [6.07, 6.45) is 0. The molecule has 20 heavy (non-hydrogen) atoms. The molecule has 0 spiro atoms. The second-order valence-electron chi connectivity index (χ2n) is 3.92. The van der Waals surface area contributed by atoms with Gasteiger partial charge in [0, 0.05) is 0 Å². The number of hydrogen-bond acceptors (Lipinski definition) is 3. The van der Waals surface area contributed by atoms with Gasteiger partial charge in [-0.3, -0.25) is 4.79 Å². The SMILES string of the molecule is N#Cc1ccccc1NC(=O)COc1ccccc1Cl. The largest absolute Gasteiger partial charge is 0.482 e. The molecule has 0 fully saturated rings. The Morgan fingerprint density at radius 3 is 2.65 bits per heavy atom. The standard InChI is InChI=1S/C15H11ClN2O2/c16-12-6-2-4-8-14(12)20-10-15(19)18-13-7-3-1-5-11(13)9-17/h1-8H,10H2,(H,18,19). The van der Waals surface area contributed by atoms with Crippen molar-refractivity contribution in [2.75, 3.05) is 11.9 Å². The molecule has 0 aromatic heterocycles. The number of halogens is 1. The van der Waals surface area contributed by atoms with Crippen LogP contribution in [-0.4, -0.2) is 12.5 Å². The predicted octanol–water partition coefficient (Wildman–Crippen LogP) is 3.23. The molecule has 2 rings (SSSR count). The molecule has 0 aliphatic rings. The number of benzene rings is 2. The normalized spacial score (nSPS) is 9.60. The van der Waals surface area contributed by atoms with Crippen LogP contribution in [0.4, 0.5) is 5.69 Å². The molecule has 4 nitrogen and oxygen atoms in total. The minimum Gasteiger partial charge on any atom is -0.482 e. The summed E-state index contributed by atoms with van der Waals surface area (Å²) in [5.74, 6) is 0.0884. The van der Waals surface area contributed by atoms with E-state index in [1.807, 2.05) is 6.07 Å². The van der Waals surface area contributed by atoms with Crippen LogP contribution >= 0.6 is 11.6 Å². The summed E-state index contributed by atoms with van der Waals surface area (Å²) in [6.45, 7) is -0.177. The van der Waals surface area contributed by atoms with E-state index in [1.165, 1.54) is 0 Å². The number of ether oxygens (including phenoxy) is 1. The molecule has 0 saturated carbocycles. The highest BCUT2D eigenvalue weighted by Gasteiger charge is 2.08. The van der Waals surface area contributed by atoms with Gasteiger partial charge in [0.15, 0.2) is 6.61 Å². The number of nitriles is 1. The van der Waals surface area contributed by atoms with Crippen LogP contribution in [0.1, 0.15) is 5.56 Å². The average molecular weight is 287 g/mol. The number of nitrogens with zero attached hydrogens (tertiary/aromatic N) is 1. The third-order valence-electron chi connectivity index (χ3n) is 2.52. The van der Waals surface area contributed by atoms with Crippen molar-refractivity contribution in [1.29, 1.82) is 5.26 Å². The Labute approximate surface area is 121 Å². The second-order valence-corrected chi connectivity index (χ2v) is 4.33. The highest BCUT2D eigenvalue weighted by Crippen LogP contribution is 2.23. The fourth-order valence-electron chi connectivity index (χ4n) is 1.58. The van der Waals surface area contributed by atoms with Crippen molar-refractivity contribution in [3.05, 3.63) is 59.1 Å². The zero-order valence-corrected chi connectivity index (χ0v) is 11.2. The number of anilines is 1. The average Bonchev–Trinajstić information content (AvgIpc) is 2.47. The summed E-state index contributed by atoms with van der Waals surface area (Å²) in [6, 6.07) is 15.7. The Kier molecular flexibility index (Phi) is 4.59. The number of para-hydroxylation sites is 2. The van der Waals surface area contributed by atoms with E-state index in [-0.39, 0.29) is 12.5 Å². The van der Waals surface area contributed by atoms with Crippen LogP contribution in [-0.2, 0) is 4.79 Å². The molecule has 0 bridgehead atoms. The topological polar surface area (TPSA) is 62.1 Å². The Morgan fingerprint density at radius 1 is 1.20 bits per heavy atom. The van der Waals surface area contributed by atoms with E-state index in [4.69, 9.17) is 21.6 Å². The number of carbonyl (C=O) groups is 1. The number of amides is 1. The number of carbonyl (C=O) groups excluding carboxylic acids is 1. The molecule has 2 aromatic rings. The zero-order chi connectivity index (χ0) is 14.4. The van der Waals surface area contributed by atoms with Crippen LogP contribution in [0.25, 0.3) is 0 Å². The Morgan fingerprint density at radius 2 is 1.90 bits per heavy atom. The van der Waals surface area contributed by atoms with Crippen LogP contribution in [0.2, 0.25) is 5.02 Å². The van der Waals surface area contributed by atoms with E-state index in [0.717, 1.165) is 0 Å². The van der Waals surface area contributed by atoms with Gasteiger partial charge in [-0.25, -0.2) is 0 Å². The summed E-state index contributed by atoms with van der Waals surface area (Å²) in [4.78, 5) is 11.8. The quantitative estimate of drug-likeness (QED) is 0.938. The van der Waals surface area contributed by atoms with E-state index in [9.17, 15) is 4.79 Å². The van der Waals surface area contributed by atoms with E-state index < -0.39 is 0 Å². The van der Waals surface area contributed by atoms with Gasteiger partial charge >= 0.3 is 0 Å². The third kappa shape index (κ3) is 3.50. The van der Waals surface area contributed by atoms with Gasteiger partial charge in [-0.05, 0) is 24.3 Å². The van der Waals surface area contributed by atoms with Gasteiger partial charge in [0.2, 0.25) is 0 Å². The van der Waals surface area contributed by atoms with Crippen LogP contribution in [0.5, 0.6) is 5.75 Å². The third-order valence-corrected chi connectivity index (χ3v) is 2.83. The molecular weight excluding hydrogens is 276 g/mol. The van der Waals surface area contributed by atoms with Crippen LogP contribution in [0.3, 0.4) is 0 Å². The Balaban J connectivity index is 1.97. The molecule has 2 aromatic carbocycles. The first-order chi connectivity index (χ1) is 9.70. The van der Waals surface area contributed by atoms with Crippen molar-refractivity contribution < 1.29 is 9.53 Å². The molecule has 1 amide bonds. The fourth-order valence-corrected chi connectivity index (χ4v) is 1.77. The maximum atomic E-state index is 11.8. The number of rotatable bonds is 4. The maximum Gasteiger partial charge on any atom is 0.262 e. The zero-order valence-electron chi connectivity index (χ0n) is 10.5. The molecule has 5 heteroatoms. The van der Waals surface area contributed by atoms with Crippen LogP contribution in [0.15, 0.2) is 48.5 Å². The van der Waals surface area contributed by atoms with Gasteiger partial charge in [-0.2, -0.15) is 5.26 Å². The number of hydrogen-bond donors (Lipinski definition) is 1. The molecule has 0 saturated heterocycles. The smallest absolute Gasteiger partial charge is 0.262 e. The first-order valence-electron chi connectivity index (χ1n) is 5.87. The van der Waals surface area contributed by atoms with Crippen molar-refractivity contribution in [2.24, 2.45) is 0 Å². The van der Waals surface area contributed by atoms with Gasteiger partial charge in [-0.1, -0.05) is 35.9 Å². The molecule has 0 heterocycles. The van der Waals surface area contributed by atoms with Crippen LogP contribution in [0, 0.1) is 11.3 Å². The molecule has 0 unspecified atom stereocenters. The molecule has 0 aliphatic carbocycles. The van der Waals surface area contributed by atoms with Crippen molar-refractivity contribution in [1.82, 2.24) is 0 Å². The highest BCUT2D eigenvalue weighted by molar-refractivity contribution is 6.32. The summed E-state index contributed by atoms with van der Waals surface area (Å²) in [5.41, 5.74) is 0.862. The van der Waals surface area contributed by atoms with Crippen molar-refractivity contribution in [2.45, 2.75) is 0 Å². The van der Waals surface area contributed by atoms with Crippen molar-refractivity contribution >= 4 is 23.2 Å². The van der Waals surface area contributed by atoms with Gasteiger partial charge in [-0.15, -0.1) is 0 Å². The van der Waals surface area contributed by atoms with E-state index in [1.54, 1.807) is 48.5 Å². The molecule has 0 atom stereocenters. The monoisotopic (exact) mass is 286 g/mol. The van der Waals surface area contributed by atoms with Crippen molar-refractivity contribution in [3.8, 4) is 11.8 Å². The lowest BCUT2D eigenvalue weighted by Gasteiger charge is -2.09. The lowest BCUT2D eigenvalue weighted by Crippen LogP contribution is -2.20. The van der Waals surface area contributed by atoms with Gasteiger partial charge < -0.3 is 10.1 Å². The minimum atomic E-state index is -0.354. The summed E-state index contributed by atoms with van der Waals surface area (Å²) in [5, 5.41) is 12.0. The van der Waals surface area contributed by atoms with Crippen molar-refractivity contribution in [3.63, 3.8) is 0 Å². The maximum absolute atomic E-state index is 11.8. The minimum absolute atomic E-state index is 0.177. The highest BCUT2D eigenvalue weighted by atomic mass is 35.5. The van der Waals surface area contributed by atoms with Gasteiger partial charge in [0.1, 0.15) is 11.8 Å². The predicted molar refractivity (Wildman–Crippen MR) is 76.7 cm³/mol.